The molecule has 1 aliphatic rings. The molecule has 0 spiro atoms. The van der Waals surface area contributed by atoms with Gasteiger partial charge in [0.25, 0.3) is 5.91 Å². The lowest BCUT2D eigenvalue weighted by molar-refractivity contribution is -0.113. The lowest BCUT2D eigenvalue weighted by Crippen LogP contribution is -2.30. The highest BCUT2D eigenvalue weighted by Crippen LogP contribution is 2.31. The van der Waals surface area contributed by atoms with Gasteiger partial charge < -0.3 is 13.9 Å². The molecule has 0 fully saturated rings. The fraction of sp³-hybridized carbons (Fsp3) is 0.167. The van der Waals surface area contributed by atoms with E-state index < -0.39 is 6.61 Å². The van der Waals surface area contributed by atoms with E-state index in [0.717, 1.165) is 11.3 Å². The number of anilines is 1. The number of hydrogen-bond donors (Lipinski definition) is 0. The van der Waals surface area contributed by atoms with Crippen LogP contribution in [0.2, 0.25) is 0 Å². The van der Waals surface area contributed by atoms with Crippen molar-refractivity contribution in [1.82, 2.24) is 0 Å². The molecule has 2 heterocycles. The quantitative estimate of drug-likeness (QED) is 0.310. The number of furan rings is 1. The van der Waals surface area contributed by atoms with Crippen LogP contribution < -0.4 is 14.4 Å². The second kappa shape index (κ2) is 10.4. The van der Waals surface area contributed by atoms with Gasteiger partial charge in [-0.1, -0.05) is 23.9 Å². The van der Waals surface area contributed by atoms with Crippen LogP contribution >= 0.6 is 11.8 Å². The van der Waals surface area contributed by atoms with E-state index >= 15 is 0 Å². The van der Waals surface area contributed by atoms with Crippen LogP contribution in [0.5, 0.6) is 11.5 Å². The summed E-state index contributed by atoms with van der Waals surface area (Å²) in [7, 11) is 0. The van der Waals surface area contributed by atoms with Crippen molar-refractivity contribution in [2.75, 3.05) is 17.3 Å². The molecule has 4 rings (SSSR count). The first-order chi connectivity index (χ1) is 16.0. The van der Waals surface area contributed by atoms with Gasteiger partial charge in [-0.3, -0.25) is 9.69 Å². The summed E-state index contributed by atoms with van der Waals surface area (Å²) in [5, 5.41) is 0.452. The van der Waals surface area contributed by atoms with Crippen molar-refractivity contribution in [3.05, 3.63) is 83.9 Å². The molecule has 0 atom stereocenters. The number of carbonyl (C=O) groups excluding carboxylic acids is 1. The number of amidine groups is 1. The minimum Gasteiger partial charge on any atom is -0.493 e. The van der Waals surface area contributed by atoms with Crippen molar-refractivity contribution in [2.24, 2.45) is 4.99 Å². The van der Waals surface area contributed by atoms with Crippen LogP contribution in [0, 0.1) is 6.92 Å². The molecule has 6 nitrogen and oxygen atoms in total. The van der Waals surface area contributed by atoms with E-state index in [-0.39, 0.29) is 17.4 Å². The molecular weight excluding hydrogens is 450 g/mol. The van der Waals surface area contributed by atoms with E-state index in [4.69, 9.17) is 9.15 Å². The summed E-state index contributed by atoms with van der Waals surface area (Å²) in [6.07, 6.45) is 3.06. The summed E-state index contributed by atoms with van der Waals surface area (Å²) in [6, 6.07) is 17.0. The predicted molar refractivity (Wildman–Crippen MR) is 124 cm³/mol. The van der Waals surface area contributed by atoms with E-state index in [1.807, 2.05) is 31.2 Å². The molecule has 0 saturated carbocycles. The SMILES string of the molecule is Cc1cccc(OCCSC2=N/C(=C/c3ccco3)C(=O)N2c2ccc(OC(F)F)cc2)c1. The number of aliphatic imine (C=N–C) groups is 1. The summed E-state index contributed by atoms with van der Waals surface area (Å²) >= 11 is 1.35. The van der Waals surface area contributed by atoms with Gasteiger partial charge in [-0.2, -0.15) is 8.78 Å². The van der Waals surface area contributed by atoms with Gasteiger partial charge in [-0.05, 0) is 61.0 Å². The number of amides is 1. The monoisotopic (exact) mass is 470 g/mol. The van der Waals surface area contributed by atoms with Gasteiger partial charge in [0.1, 0.15) is 23.0 Å². The van der Waals surface area contributed by atoms with Gasteiger partial charge >= 0.3 is 6.61 Å². The highest BCUT2D eigenvalue weighted by Gasteiger charge is 2.32. The van der Waals surface area contributed by atoms with Crippen LogP contribution in [0.15, 0.2) is 82.0 Å². The van der Waals surface area contributed by atoms with Gasteiger partial charge in [-0.25, -0.2) is 4.99 Å². The number of rotatable bonds is 8. The zero-order valence-corrected chi connectivity index (χ0v) is 18.4. The molecule has 0 saturated heterocycles. The van der Waals surface area contributed by atoms with Crippen LogP contribution in [0.25, 0.3) is 6.08 Å². The Labute approximate surface area is 193 Å². The van der Waals surface area contributed by atoms with Crippen LogP contribution in [-0.2, 0) is 4.79 Å². The van der Waals surface area contributed by atoms with Crippen LogP contribution in [0.4, 0.5) is 14.5 Å². The van der Waals surface area contributed by atoms with Gasteiger partial charge in [0.2, 0.25) is 0 Å². The zero-order chi connectivity index (χ0) is 23.2. The first kappa shape index (κ1) is 22.6. The molecule has 1 amide bonds. The molecule has 2 aromatic carbocycles. The van der Waals surface area contributed by atoms with Crippen molar-refractivity contribution in [2.45, 2.75) is 13.5 Å². The topological polar surface area (TPSA) is 64.3 Å². The van der Waals surface area contributed by atoms with Crippen molar-refractivity contribution in [3.8, 4) is 11.5 Å². The predicted octanol–water partition coefficient (Wildman–Crippen LogP) is 5.75. The number of benzene rings is 2. The summed E-state index contributed by atoms with van der Waals surface area (Å²) < 4.78 is 40.4. The van der Waals surface area contributed by atoms with Crippen LogP contribution in [0.3, 0.4) is 0 Å². The Morgan fingerprint density at radius 2 is 1.94 bits per heavy atom. The Morgan fingerprint density at radius 3 is 2.64 bits per heavy atom. The normalized spacial score (nSPS) is 14.8. The molecule has 9 heteroatoms. The standard InChI is InChI=1S/C24H20F2N2O4S/c1-16-4-2-5-19(14-16)31-12-13-33-24-27-21(15-20-6-3-11-30-20)22(29)28(24)17-7-9-18(10-8-17)32-23(25)26/h2-11,14-15,23H,12-13H2,1H3/b21-15+. The summed E-state index contributed by atoms with van der Waals surface area (Å²) in [5.41, 5.74) is 1.79. The first-order valence-corrected chi connectivity index (χ1v) is 11.0. The van der Waals surface area contributed by atoms with Crippen molar-refractivity contribution in [1.29, 1.82) is 0 Å². The molecule has 3 aromatic rings. The first-order valence-electron chi connectivity index (χ1n) is 10.0. The average molecular weight is 470 g/mol. The minimum atomic E-state index is -2.92. The third-order valence-electron chi connectivity index (χ3n) is 4.54. The number of hydrogen-bond acceptors (Lipinski definition) is 6. The smallest absolute Gasteiger partial charge is 0.387 e. The molecule has 1 aromatic heterocycles. The van der Waals surface area contributed by atoms with Gasteiger partial charge in [0.05, 0.1) is 18.6 Å². The maximum absolute atomic E-state index is 13.1. The zero-order valence-electron chi connectivity index (χ0n) is 17.6. The Morgan fingerprint density at radius 1 is 1.12 bits per heavy atom. The lowest BCUT2D eigenvalue weighted by atomic mass is 10.2. The van der Waals surface area contributed by atoms with Crippen LogP contribution in [0.1, 0.15) is 11.3 Å². The molecule has 0 radical (unpaired) electrons. The largest absolute Gasteiger partial charge is 0.493 e. The summed E-state index contributed by atoms with van der Waals surface area (Å²) in [4.78, 5) is 19.0. The third kappa shape index (κ3) is 5.81. The molecule has 0 unspecified atom stereocenters. The Kier molecular flexibility index (Phi) is 7.09. The minimum absolute atomic E-state index is 0.00411. The third-order valence-corrected chi connectivity index (χ3v) is 5.45. The second-order valence-corrected chi connectivity index (χ2v) is 8.03. The van der Waals surface area contributed by atoms with Crippen LogP contribution in [-0.4, -0.2) is 30.0 Å². The highest BCUT2D eigenvalue weighted by atomic mass is 32.2. The molecule has 33 heavy (non-hydrogen) atoms. The second-order valence-electron chi connectivity index (χ2n) is 6.97. The number of alkyl halides is 2. The van der Waals surface area contributed by atoms with Gasteiger partial charge in [0, 0.05) is 11.8 Å². The molecule has 0 aliphatic carbocycles. The van der Waals surface area contributed by atoms with E-state index in [1.165, 1.54) is 47.2 Å². The Hall–Kier alpha value is -3.59. The van der Waals surface area contributed by atoms with Crippen molar-refractivity contribution >= 4 is 34.6 Å². The summed E-state index contributed by atoms with van der Waals surface area (Å²) in [5.74, 6) is 1.46. The van der Waals surface area contributed by atoms with Crippen molar-refractivity contribution in [3.63, 3.8) is 0 Å². The molecule has 0 bridgehead atoms. The van der Waals surface area contributed by atoms with Crippen molar-refractivity contribution < 1.29 is 27.5 Å². The number of ether oxygens (including phenoxy) is 2. The number of halogens is 2. The molecular formula is C24H20F2N2O4S. The van der Waals surface area contributed by atoms with E-state index in [0.29, 0.717) is 29.0 Å². The average Bonchev–Trinajstić information content (AvgIpc) is 3.40. The van der Waals surface area contributed by atoms with E-state index in [2.05, 4.69) is 9.73 Å². The van der Waals surface area contributed by atoms with Gasteiger partial charge in [0.15, 0.2) is 5.17 Å². The Bertz CT molecular complexity index is 1160. The number of nitrogens with zero attached hydrogens (tertiary/aromatic N) is 2. The lowest BCUT2D eigenvalue weighted by Gasteiger charge is -2.18. The fourth-order valence-electron chi connectivity index (χ4n) is 3.10. The molecule has 170 valence electrons. The molecule has 0 N–H and O–H groups in total. The number of thioether (sulfide) groups is 1. The number of carbonyl (C=O) groups is 1. The Balaban J connectivity index is 1.50. The maximum atomic E-state index is 13.1. The summed E-state index contributed by atoms with van der Waals surface area (Å²) in [6.45, 7) is -0.524. The van der Waals surface area contributed by atoms with E-state index in [9.17, 15) is 13.6 Å². The fourth-order valence-corrected chi connectivity index (χ4v) is 3.93. The molecule has 1 aliphatic heterocycles. The van der Waals surface area contributed by atoms with E-state index in [1.54, 1.807) is 18.2 Å². The highest BCUT2D eigenvalue weighted by molar-refractivity contribution is 8.14. The maximum Gasteiger partial charge on any atom is 0.387 e. The number of aryl methyl sites for hydroxylation is 1. The van der Waals surface area contributed by atoms with Gasteiger partial charge in [-0.15, -0.1) is 0 Å².